The van der Waals surface area contributed by atoms with Gasteiger partial charge >= 0.3 is 37.7 Å². The number of halogens is 3. The topological polar surface area (TPSA) is 100 Å². The van der Waals surface area contributed by atoms with E-state index < -0.39 is 15.8 Å². The Morgan fingerprint density at radius 3 is 1.20 bits per heavy atom. The molecule has 0 aliphatic heterocycles. The fourth-order valence-electron chi connectivity index (χ4n) is 0. The monoisotopic (exact) mass is 446 g/mol. The number of rotatable bonds is 0. The summed E-state index contributed by atoms with van der Waals surface area (Å²) >= 11 is -2.82. The minimum atomic E-state index is -2.82. The Morgan fingerprint density at radius 1 is 1.20 bits per heavy atom. The molecule has 0 saturated heterocycles. The average Bonchev–Trinajstić information content (AvgIpc) is 1.81. The van der Waals surface area contributed by atoms with Crippen LogP contribution in [0.4, 0.5) is 3.16 Å². The molecule has 0 aliphatic carbocycles. The van der Waals surface area contributed by atoms with Gasteiger partial charge in [0.15, 0.2) is 0 Å². The molecular weight excluding hydrogens is 431 g/mol. The van der Waals surface area contributed by atoms with Crippen molar-refractivity contribution in [3.63, 3.8) is 0 Å². The summed E-state index contributed by atoms with van der Waals surface area (Å²) in [5.41, 5.74) is 13.2. The zero-order valence-electron chi connectivity index (χ0n) is 8.87. The third-order valence-electron chi connectivity index (χ3n) is 0. The van der Waals surface area contributed by atoms with Gasteiger partial charge in [-0.1, -0.05) is 27.7 Å². The van der Waals surface area contributed by atoms with Gasteiger partial charge in [-0.05, 0) is 0 Å². The van der Waals surface area contributed by atoms with Crippen molar-refractivity contribution in [2.24, 2.45) is 5.34 Å². The van der Waals surface area contributed by atoms with E-state index in [1.54, 1.807) is 0 Å². The van der Waals surface area contributed by atoms with Gasteiger partial charge < -0.3 is 21.6 Å². The first-order chi connectivity index (χ1) is 6.61. The van der Waals surface area contributed by atoms with Crippen LogP contribution in [-0.4, -0.2) is 12.1 Å². The molecule has 0 bridgehead atoms. The Morgan fingerprint density at radius 2 is 1.20 bits per heavy atom. The summed E-state index contributed by atoms with van der Waals surface area (Å²) in [5.74, 6) is 0. The molecule has 0 spiro atoms. The van der Waals surface area contributed by atoms with Gasteiger partial charge in [-0.25, -0.2) is 0 Å². The molecule has 2 N–H and O–H groups in total. The molecule has 0 radical (unpaired) electrons. The fraction of sp³-hybridized carbons (Fsp3) is 1.00. The van der Waals surface area contributed by atoms with Crippen LogP contribution in [0.2, 0.25) is 0 Å². The quantitative estimate of drug-likeness (QED) is 0.388. The molecule has 5 nitrogen and oxygen atoms in total. The van der Waals surface area contributed by atoms with E-state index in [1.807, 2.05) is 27.7 Å². The van der Waals surface area contributed by atoms with Gasteiger partial charge in [0.1, 0.15) is 0 Å². The Kier molecular flexibility index (Phi) is 39.4. The van der Waals surface area contributed by atoms with Gasteiger partial charge in [0, 0.05) is 0 Å². The van der Waals surface area contributed by atoms with Gasteiger partial charge in [-0.2, -0.15) is 0 Å². The van der Waals surface area contributed by atoms with Gasteiger partial charge in [0.25, 0.3) is 0 Å². The molecule has 0 aliphatic rings. The summed E-state index contributed by atoms with van der Waals surface area (Å²) in [6.07, 6.45) is 0. The molecule has 0 aromatic carbocycles. The molecule has 0 unspecified atom stereocenters. The van der Waals surface area contributed by atoms with Crippen molar-refractivity contribution in [2.45, 2.75) is 39.8 Å². The normalized spacial score (nSPS) is 8.60. The number of hydrogen-bond acceptors (Lipinski definition) is 3. The number of nitrogens with one attached hydrogen (secondary N) is 2. The third kappa shape index (κ3) is 8470. The molecule has 9 heteroatoms. The Labute approximate surface area is 104 Å². The molecule has 0 fully saturated rings. The number of nitrogens with zero attached hydrogens (tertiary/aromatic N) is 1. The Hall–Kier alpha value is 0.518. The molecule has 0 heterocycles. The first kappa shape index (κ1) is 24.7. The van der Waals surface area contributed by atoms with E-state index in [2.05, 4.69) is 18.8 Å². The molecular formula is C6H16Cl2FN3O2Pt-3. The van der Waals surface area contributed by atoms with Crippen LogP contribution in [0.1, 0.15) is 27.7 Å². The minimum absolute atomic E-state index is 0.0833. The van der Waals surface area contributed by atoms with E-state index in [0.717, 1.165) is 5.34 Å². The standard InChI is InChI=1S/2C3H8N.2ClH.FH.HNO2.Pt/c2*1-3(2)4;;;;2-1-3;/h2*3-4H,1-2H3;3*1H;(H,2,3);/q2*-1;;;;;+3/p-4. The van der Waals surface area contributed by atoms with Gasteiger partial charge in [-0.3, -0.25) is 0 Å². The van der Waals surface area contributed by atoms with Crippen LogP contribution >= 0.6 is 18.8 Å². The molecule has 0 aromatic rings. The van der Waals surface area contributed by atoms with Crippen LogP contribution in [0.25, 0.3) is 11.5 Å². The van der Waals surface area contributed by atoms with E-state index in [9.17, 15) is 3.16 Å². The number of hydrogen-bond donors (Lipinski definition) is 0. The summed E-state index contributed by atoms with van der Waals surface area (Å²) < 4.78 is 10.7. The zero-order chi connectivity index (χ0) is 13.4. The Bertz CT molecular complexity index is 89.8. The van der Waals surface area contributed by atoms with Crippen molar-refractivity contribution >= 4 is 18.8 Å². The van der Waals surface area contributed by atoms with E-state index in [0.29, 0.717) is 0 Å². The average molecular weight is 447 g/mol. The summed E-state index contributed by atoms with van der Waals surface area (Å²) in [4.78, 5) is 8.00. The maximum atomic E-state index is 10.7. The zero-order valence-corrected chi connectivity index (χ0v) is 12.7. The molecule has 101 valence electrons. The second-order valence-electron chi connectivity index (χ2n) is 2.52. The maximum absolute atomic E-state index is 10.7. The fourth-order valence-corrected chi connectivity index (χ4v) is 0. The van der Waals surface area contributed by atoms with Crippen molar-refractivity contribution in [3.05, 3.63) is 21.6 Å². The van der Waals surface area contributed by atoms with Crippen LogP contribution in [0.5, 0.6) is 0 Å². The van der Waals surface area contributed by atoms with E-state index in [4.69, 9.17) is 21.6 Å². The summed E-state index contributed by atoms with van der Waals surface area (Å²) in [6.45, 7) is 7.33. The van der Waals surface area contributed by atoms with E-state index in [1.165, 1.54) is 0 Å². The summed E-state index contributed by atoms with van der Waals surface area (Å²) in [5, 5.41) is 9.00. The van der Waals surface area contributed by atoms with Gasteiger partial charge in [-0.15, -0.1) is 17.4 Å². The van der Waals surface area contributed by atoms with Crippen LogP contribution in [0.3, 0.4) is 0 Å². The first-order valence-corrected chi connectivity index (χ1v) is 10.1. The Balaban J connectivity index is -0.0000000542. The molecule has 0 saturated carbocycles. The van der Waals surface area contributed by atoms with Crippen molar-refractivity contribution in [2.75, 3.05) is 0 Å². The SMILES string of the molecule is CC(C)[NH-].CC(C)[NH-].O=N[O-].[F][Pt]([Cl])[Cl]. The van der Waals surface area contributed by atoms with Crippen molar-refractivity contribution < 1.29 is 18.9 Å². The summed E-state index contributed by atoms with van der Waals surface area (Å²) in [6, 6.07) is 0.167. The van der Waals surface area contributed by atoms with Crippen LogP contribution in [0.15, 0.2) is 5.34 Å². The van der Waals surface area contributed by atoms with Crippen molar-refractivity contribution in [1.29, 1.82) is 0 Å². The summed E-state index contributed by atoms with van der Waals surface area (Å²) in [7, 11) is 9.06. The third-order valence-corrected chi connectivity index (χ3v) is 0. The molecule has 0 rings (SSSR count). The molecule has 0 amide bonds. The molecule has 0 atom stereocenters. The predicted octanol–water partition coefficient (Wildman–Crippen LogP) is 4.94. The van der Waals surface area contributed by atoms with Crippen molar-refractivity contribution in [1.82, 2.24) is 0 Å². The predicted molar refractivity (Wildman–Crippen MR) is 60.9 cm³/mol. The second-order valence-corrected chi connectivity index (χ2v) is 7.93. The molecule has 0 aromatic heterocycles. The van der Waals surface area contributed by atoms with Gasteiger partial charge in [0.2, 0.25) is 0 Å². The second kappa shape index (κ2) is 24.0. The van der Waals surface area contributed by atoms with Crippen LogP contribution in [0, 0.1) is 10.1 Å². The molecule has 15 heavy (non-hydrogen) atoms. The first-order valence-electron chi connectivity index (χ1n) is 3.61. The van der Waals surface area contributed by atoms with E-state index in [-0.39, 0.29) is 12.1 Å². The van der Waals surface area contributed by atoms with Gasteiger partial charge in [0.05, 0.1) is 0 Å². The van der Waals surface area contributed by atoms with Crippen LogP contribution in [-0.2, 0) is 15.8 Å². The van der Waals surface area contributed by atoms with Crippen LogP contribution < -0.4 is 0 Å². The van der Waals surface area contributed by atoms with Crippen molar-refractivity contribution in [3.8, 4) is 0 Å². The van der Waals surface area contributed by atoms with E-state index >= 15 is 0 Å².